The number of ether oxygens (including phenoxy) is 1. The minimum absolute atomic E-state index is 0.662. The van der Waals surface area contributed by atoms with Crippen LogP contribution < -0.4 is 10.6 Å². The van der Waals surface area contributed by atoms with Crippen molar-refractivity contribution in [3.63, 3.8) is 0 Å². The van der Waals surface area contributed by atoms with Crippen LogP contribution in [0.5, 0.6) is 0 Å². The maximum Gasteiger partial charge on any atom is 0.151 e. The van der Waals surface area contributed by atoms with E-state index in [0.717, 1.165) is 43.7 Å². The molecule has 3 heterocycles. The number of nitrogens with two attached hydrogens (primary N) is 1. The first-order valence-corrected chi connectivity index (χ1v) is 5.88. The molecule has 0 unspecified atom stereocenters. The van der Waals surface area contributed by atoms with Gasteiger partial charge < -0.3 is 15.4 Å². The summed E-state index contributed by atoms with van der Waals surface area (Å²) in [6.07, 6.45) is 3.00. The number of hydrogen-bond acceptors (Lipinski definition) is 4. The van der Waals surface area contributed by atoms with Crippen molar-refractivity contribution in [1.29, 1.82) is 0 Å². The highest BCUT2D eigenvalue weighted by Crippen LogP contribution is 2.32. The fourth-order valence-electron chi connectivity index (χ4n) is 2.73. The molecule has 4 nitrogen and oxygen atoms in total. The highest BCUT2D eigenvalue weighted by molar-refractivity contribution is 5.62. The minimum Gasteiger partial charge on any atom is -0.396 e. The number of nitrogens with zero attached hydrogens (tertiary/aromatic N) is 2. The topological polar surface area (TPSA) is 51.4 Å². The molecule has 2 aliphatic heterocycles. The first-order chi connectivity index (χ1) is 7.84. The Labute approximate surface area is 95.4 Å². The van der Waals surface area contributed by atoms with E-state index in [1.54, 1.807) is 0 Å². The molecule has 2 N–H and O–H groups in total. The third-order valence-electron chi connectivity index (χ3n) is 3.67. The Kier molecular flexibility index (Phi) is 2.44. The molecule has 0 aromatic carbocycles. The molecule has 0 aliphatic carbocycles. The molecule has 2 aliphatic rings. The lowest BCUT2D eigenvalue weighted by Crippen LogP contribution is -2.40. The van der Waals surface area contributed by atoms with Gasteiger partial charge in [0.05, 0.1) is 12.3 Å². The number of hydrogen-bond donors (Lipinski definition) is 1. The van der Waals surface area contributed by atoms with E-state index in [4.69, 9.17) is 10.5 Å². The van der Waals surface area contributed by atoms with Crippen molar-refractivity contribution in [1.82, 2.24) is 4.98 Å². The van der Waals surface area contributed by atoms with Gasteiger partial charge in [-0.25, -0.2) is 4.98 Å². The number of pyridine rings is 1. The smallest absolute Gasteiger partial charge is 0.151 e. The standard InChI is InChI=1S/C12H17N3O/c13-11-2-1-4-14-12(11)15-5-3-9-7-16-8-10(9)6-15/h1-2,4,9-10H,3,5-8,13H2/t9-,10-/m1/s1. The van der Waals surface area contributed by atoms with Crippen molar-refractivity contribution in [3.05, 3.63) is 18.3 Å². The molecule has 0 amide bonds. The number of fused-ring (bicyclic) bond motifs is 1. The summed E-state index contributed by atoms with van der Waals surface area (Å²) < 4.78 is 5.53. The van der Waals surface area contributed by atoms with Crippen molar-refractivity contribution in [2.24, 2.45) is 11.8 Å². The van der Waals surface area contributed by atoms with Gasteiger partial charge in [-0.15, -0.1) is 0 Å². The van der Waals surface area contributed by atoms with E-state index in [-0.39, 0.29) is 0 Å². The zero-order valence-electron chi connectivity index (χ0n) is 9.30. The molecule has 2 atom stereocenters. The van der Waals surface area contributed by atoms with Crippen LogP contribution in [0.4, 0.5) is 11.5 Å². The molecule has 2 saturated heterocycles. The number of piperidine rings is 1. The maximum absolute atomic E-state index is 5.95. The lowest BCUT2D eigenvalue weighted by Gasteiger charge is -2.35. The maximum atomic E-state index is 5.95. The SMILES string of the molecule is Nc1cccnc1N1CC[C@@H]2COC[C@H]2C1. The summed E-state index contributed by atoms with van der Waals surface area (Å²) in [5.41, 5.74) is 6.73. The van der Waals surface area contributed by atoms with Crippen molar-refractivity contribution in [3.8, 4) is 0 Å². The van der Waals surface area contributed by atoms with Gasteiger partial charge in [-0.05, 0) is 24.5 Å². The van der Waals surface area contributed by atoms with Gasteiger partial charge in [0.2, 0.25) is 0 Å². The van der Waals surface area contributed by atoms with Crippen molar-refractivity contribution in [2.45, 2.75) is 6.42 Å². The van der Waals surface area contributed by atoms with E-state index in [2.05, 4.69) is 9.88 Å². The summed E-state index contributed by atoms with van der Waals surface area (Å²) in [7, 11) is 0. The number of aromatic nitrogens is 1. The van der Waals surface area contributed by atoms with E-state index in [9.17, 15) is 0 Å². The lowest BCUT2D eigenvalue weighted by molar-refractivity contribution is 0.182. The molecule has 4 heteroatoms. The van der Waals surface area contributed by atoms with Crippen LogP contribution in [0, 0.1) is 11.8 Å². The van der Waals surface area contributed by atoms with Gasteiger partial charge in [0.25, 0.3) is 0 Å². The quantitative estimate of drug-likeness (QED) is 0.769. The van der Waals surface area contributed by atoms with Gasteiger partial charge >= 0.3 is 0 Å². The van der Waals surface area contributed by atoms with Crippen LogP contribution >= 0.6 is 0 Å². The molecule has 0 radical (unpaired) electrons. The Morgan fingerprint density at radius 3 is 3.12 bits per heavy atom. The van der Waals surface area contributed by atoms with Crippen LogP contribution in [0.1, 0.15) is 6.42 Å². The second-order valence-electron chi connectivity index (χ2n) is 4.71. The number of nitrogen functional groups attached to an aromatic ring is 1. The van der Waals surface area contributed by atoms with Crippen molar-refractivity contribution < 1.29 is 4.74 Å². The van der Waals surface area contributed by atoms with Gasteiger partial charge in [-0.3, -0.25) is 0 Å². The Morgan fingerprint density at radius 2 is 2.25 bits per heavy atom. The summed E-state index contributed by atoms with van der Waals surface area (Å²) in [5, 5.41) is 0. The van der Waals surface area contributed by atoms with Gasteiger partial charge in [-0.1, -0.05) is 0 Å². The number of rotatable bonds is 1. The summed E-state index contributed by atoms with van der Waals surface area (Å²) in [6.45, 7) is 3.92. The molecule has 86 valence electrons. The fourth-order valence-corrected chi connectivity index (χ4v) is 2.73. The second kappa shape index (κ2) is 3.94. The van der Waals surface area contributed by atoms with E-state index in [0.29, 0.717) is 5.92 Å². The fraction of sp³-hybridized carbons (Fsp3) is 0.583. The average Bonchev–Trinajstić information content (AvgIpc) is 2.76. The van der Waals surface area contributed by atoms with E-state index >= 15 is 0 Å². The zero-order chi connectivity index (χ0) is 11.0. The first kappa shape index (κ1) is 9.90. The third kappa shape index (κ3) is 1.63. The lowest BCUT2D eigenvalue weighted by atomic mass is 9.89. The molecule has 16 heavy (non-hydrogen) atoms. The van der Waals surface area contributed by atoms with Gasteiger partial charge in [0.1, 0.15) is 0 Å². The second-order valence-corrected chi connectivity index (χ2v) is 4.71. The largest absolute Gasteiger partial charge is 0.396 e. The predicted octanol–water partition coefficient (Wildman–Crippen LogP) is 1.14. The molecule has 1 aromatic rings. The Hall–Kier alpha value is -1.29. The molecule has 0 saturated carbocycles. The normalized spacial score (nSPS) is 29.1. The minimum atomic E-state index is 0.662. The Morgan fingerprint density at radius 1 is 1.38 bits per heavy atom. The van der Waals surface area contributed by atoms with Crippen LogP contribution in [0.2, 0.25) is 0 Å². The van der Waals surface area contributed by atoms with Crippen LogP contribution in [0.15, 0.2) is 18.3 Å². The average molecular weight is 219 g/mol. The van der Waals surface area contributed by atoms with Gasteiger partial charge in [0.15, 0.2) is 5.82 Å². The van der Waals surface area contributed by atoms with Crippen LogP contribution in [0.3, 0.4) is 0 Å². The van der Waals surface area contributed by atoms with Crippen LogP contribution in [-0.2, 0) is 4.74 Å². The van der Waals surface area contributed by atoms with Crippen LogP contribution in [-0.4, -0.2) is 31.3 Å². The molecular weight excluding hydrogens is 202 g/mol. The predicted molar refractivity (Wildman–Crippen MR) is 63.3 cm³/mol. The molecular formula is C12H17N3O. The molecule has 3 rings (SSSR count). The highest BCUT2D eigenvalue weighted by Gasteiger charge is 2.34. The van der Waals surface area contributed by atoms with Crippen molar-refractivity contribution in [2.75, 3.05) is 36.9 Å². The summed E-state index contributed by atoms with van der Waals surface area (Å²) >= 11 is 0. The molecule has 2 fully saturated rings. The summed E-state index contributed by atoms with van der Waals surface area (Å²) in [4.78, 5) is 6.67. The number of anilines is 2. The molecule has 0 spiro atoms. The Bertz CT molecular complexity index is 382. The van der Waals surface area contributed by atoms with Crippen molar-refractivity contribution >= 4 is 11.5 Å². The third-order valence-corrected chi connectivity index (χ3v) is 3.67. The highest BCUT2D eigenvalue weighted by atomic mass is 16.5. The van der Waals surface area contributed by atoms with Crippen LogP contribution in [0.25, 0.3) is 0 Å². The van der Waals surface area contributed by atoms with Gasteiger partial charge in [-0.2, -0.15) is 0 Å². The summed E-state index contributed by atoms with van der Waals surface area (Å²) in [5.74, 6) is 2.35. The monoisotopic (exact) mass is 219 g/mol. The van der Waals surface area contributed by atoms with E-state index < -0.39 is 0 Å². The van der Waals surface area contributed by atoms with E-state index in [1.807, 2.05) is 18.3 Å². The molecule has 0 bridgehead atoms. The molecule has 1 aromatic heterocycles. The van der Waals surface area contributed by atoms with Gasteiger partial charge in [0, 0.05) is 31.8 Å². The first-order valence-electron chi connectivity index (χ1n) is 5.88. The Balaban J connectivity index is 1.79. The zero-order valence-corrected chi connectivity index (χ0v) is 9.30. The summed E-state index contributed by atoms with van der Waals surface area (Å²) in [6, 6.07) is 3.80. The van der Waals surface area contributed by atoms with E-state index in [1.165, 1.54) is 6.42 Å².